The van der Waals surface area contributed by atoms with Gasteiger partial charge in [-0.3, -0.25) is 0 Å². The molecule has 0 N–H and O–H groups in total. The van der Waals surface area contributed by atoms with Gasteiger partial charge in [0.2, 0.25) is 5.82 Å². The van der Waals surface area contributed by atoms with E-state index < -0.39 is 0 Å². The first-order valence-electron chi connectivity index (χ1n) is 5.31. The molecule has 0 aliphatic rings. The average Bonchev–Trinajstić information content (AvgIpc) is 2.82. The number of ether oxygens (including phenoxy) is 2. The number of methoxy groups -OCH3 is 1. The van der Waals surface area contributed by atoms with Crippen LogP contribution < -0.4 is 9.47 Å². The third-order valence-corrected chi connectivity index (χ3v) is 2.94. The van der Waals surface area contributed by atoms with E-state index in [-0.39, 0.29) is 6.61 Å². The molecule has 0 bridgehead atoms. The number of benzene rings is 1. The van der Waals surface area contributed by atoms with E-state index >= 15 is 0 Å². The molecule has 1 aromatic heterocycles. The molecular formula is C11H13BrN4O2. The van der Waals surface area contributed by atoms with Crippen LogP contribution in [0, 0.1) is 0 Å². The maximum Gasteiger partial charge on any atom is 0.212 e. The average molecular weight is 313 g/mol. The minimum atomic E-state index is 0.262. The second-order valence-electron chi connectivity index (χ2n) is 3.60. The van der Waals surface area contributed by atoms with Crippen LogP contribution in [0.4, 0.5) is 0 Å². The Morgan fingerprint density at radius 1 is 1.33 bits per heavy atom. The number of hydrogen-bond donors (Lipinski definition) is 0. The van der Waals surface area contributed by atoms with Crippen molar-refractivity contribution >= 4 is 15.9 Å². The third-order valence-electron chi connectivity index (χ3n) is 2.29. The molecule has 96 valence electrons. The zero-order valence-electron chi connectivity index (χ0n) is 10.1. The van der Waals surface area contributed by atoms with Gasteiger partial charge in [-0.2, -0.15) is 4.80 Å². The number of aryl methyl sites for hydroxylation is 1. The Balaban J connectivity index is 2.08. The first kappa shape index (κ1) is 12.8. The van der Waals surface area contributed by atoms with Gasteiger partial charge in [-0.05, 0) is 22.9 Å². The maximum absolute atomic E-state index is 5.61. The highest BCUT2D eigenvalue weighted by Gasteiger charge is 2.07. The van der Waals surface area contributed by atoms with Crippen LogP contribution in [0.2, 0.25) is 0 Å². The lowest BCUT2D eigenvalue weighted by molar-refractivity contribution is 0.276. The first-order chi connectivity index (χ1) is 8.72. The van der Waals surface area contributed by atoms with Gasteiger partial charge in [-0.1, -0.05) is 22.0 Å². The number of halogens is 1. The summed E-state index contributed by atoms with van der Waals surface area (Å²) >= 11 is 3.40. The van der Waals surface area contributed by atoms with E-state index in [4.69, 9.17) is 9.47 Å². The standard InChI is InChI=1S/C11H13BrN4O2/c1-16-14-11(13-15-16)7-18-9-4-3-8(6-12)5-10(9)17-2/h3-5H,6-7H2,1-2H3. The van der Waals surface area contributed by atoms with Crippen LogP contribution >= 0.6 is 15.9 Å². The molecule has 0 atom stereocenters. The largest absolute Gasteiger partial charge is 0.493 e. The third kappa shape index (κ3) is 2.98. The van der Waals surface area contributed by atoms with E-state index in [2.05, 4.69) is 31.3 Å². The summed E-state index contributed by atoms with van der Waals surface area (Å²) in [6.45, 7) is 0.262. The first-order valence-corrected chi connectivity index (χ1v) is 6.43. The van der Waals surface area contributed by atoms with Crippen molar-refractivity contribution in [3.63, 3.8) is 0 Å². The zero-order valence-corrected chi connectivity index (χ0v) is 11.7. The molecule has 0 radical (unpaired) electrons. The van der Waals surface area contributed by atoms with Gasteiger partial charge < -0.3 is 9.47 Å². The Hall–Kier alpha value is -1.63. The van der Waals surface area contributed by atoms with Crippen LogP contribution in [-0.2, 0) is 19.0 Å². The lowest BCUT2D eigenvalue weighted by Gasteiger charge is -2.10. The zero-order chi connectivity index (χ0) is 13.0. The van der Waals surface area contributed by atoms with E-state index in [1.54, 1.807) is 14.2 Å². The van der Waals surface area contributed by atoms with Crippen molar-refractivity contribution in [1.29, 1.82) is 0 Å². The van der Waals surface area contributed by atoms with Crippen molar-refractivity contribution in [1.82, 2.24) is 20.2 Å². The van der Waals surface area contributed by atoms with Crippen molar-refractivity contribution in [3.05, 3.63) is 29.6 Å². The minimum Gasteiger partial charge on any atom is -0.493 e. The molecule has 1 aromatic carbocycles. The summed E-state index contributed by atoms with van der Waals surface area (Å²) in [7, 11) is 3.32. The maximum atomic E-state index is 5.61. The van der Waals surface area contributed by atoms with Gasteiger partial charge in [0.1, 0.15) is 0 Å². The molecule has 1 heterocycles. The predicted octanol–water partition coefficient (Wildman–Crippen LogP) is 1.69. The van der Waals surface area contributed by atoms with Crippen molar-refractivity contribution in [2.24, 2.45) is 7.05 Å². The lowest BCUT2D eigenvalue weighted by Crippen LogP contribution is -2.01. The topological polar surface area (TPSA) is 62.1 Å². The van der Waals surface area contributed by atoms with E-state index in [1.165, 1.54) is 4.80 Å². The monoisotopic (exact) mass is 312 g/mol. The summed E-state index contributed by atoms with van der Waals surface area (Å²) < 4.78 is 10.9. The second kappa shape index (κ2) is 5.81. The molecule has 0 saturated heterocycles. The molecule has 0 amide bonds. The molecule has 0 aliphatic carbocycles. The number of alkyl halides is 1. The van der Waals surface area contributed by atoms with Crippen molar-refractivity contribution in [2.45, 2.75) is 11.9 Å². The SMILES string of the molecule is COc1cc(CBr)ccc1OCc1nnn(C)n1. The van der Waals surface area contributed by atoms with Crippen molar-refractivity contribution < 1.29 is 9.47 Å². The van der Waals surface area contributed by atoms with Crippen molar-refractivity contribution in [3.8, 4) is 11.5 Å². The van der Waals surface area contributed by atoms with Crippen molar-refractivity contribution in [2.75, 3.05) is 7.11 Å². The van der Waals surface area contributed by atoms with Crippen LogP contribution in [0.5, 0.6) is 11.5 Å². The molecule has 7 heteroatoms. The van der Waals surface area contributed by atoms with Crippen LogP contribution in [0.1, 0.15) is 11.4 Å². The Labute approximate surface area is 113 Å². The van der Waals surface area contributed by atoms with E-state index in [0.29, 0.717) is 17.3 Å². The highest BCUT2D eigenvalue weighted by atomic mass is 79.9. The fourth-order valence-electron chi connectivity index (χ4n) is 1.44. The lowest BCUT2D eigenvalue weighted by atomic mass is 10.2. The number of rotatable bonds is 5. The van der Waals surface area contributed by atoms with Gasteiger partial charge in [-0.25, -0.2) is 0 Å². The van der Waals surface area contributed by atoms with Crippen LogP contribution in [0.3, 0.4) is 0 Å². The molecule has 0 saturated carbocycles. The van der Waals surface area contributed by atoms with E-state index in [1.807, 2.05) is 18.2 Å². The molecule has 2 rings (SSSR count). The summed E-state index contributed by atoms with van der Waals surface area (Å²) in [5, 5.41) is 12.4. The Bertz CT molecular complexity index is 530. The Morgan fingerprint density at radius 3 is 2.78 bits per heavy atom. The minimum absolute atomic E-state index is 0.262. The number of hydrogen-bond acceptors (Lipinski definition) is 5. The molecular weight excluding hydrogens is 300 g/mol. The van der Waals surface area contributed by atoms with E-state index in [0.717, 1.165) is 10.9 Å². The Kier molecular flexibility index (Phi) is 4.14. The molecule has 18 heavy (non-hydrogen) atoms. The highest BCUT2D eigenvalue weighted by Crippen LogP contribution is 2.29. The van der Waals surface area contributed by atoms with Gasteiger partial charge in [-0.15, -0.1) is 10.2 Å². The number of nitrogens with zero attached hydrogens (tertiary/aromatic N) is 4. The normalized spacial score (nSPS) is 10.4. The fourth-order valence-corrected chi connectivity index (χ4v) is 1.79. The van der Waals surface area contributed by atoms with Gasteiger partial charge in [0.15, 0.2) is 18.1 Å². The molecule has 0 aliphatic heterocycles. The van der Waals surface area contributed by atoms with Crippen LogP contribution in [0.25, 0.3) is 0 Å². The van der Waals surface area contributed by atoms with E-state index in [9.17, 15) is 0 Å². The molecule has 6 nitrogen and oxygen atoms in total. The van der Waals surface area contributed by atoms with Crippen LogP contribution in [-0.4, -0.2) is 27.3 Å². The summed E-state index contributed by atoms with van der Waals surface area (Å²) in [4.78, 5) is 1.39. The van der Waals surface area contributed by atoms with Gasteiger partial charge >= 0.3 is 0 Å². The van der Waals surface area contributed by atoms with Crippen LogP contribution in [0.15, 0.2) is 18.2 Å². The predicted molar refractivity (Wildman–Crippen MR) is 68.8 cm³/mol. The smallest absolute Gasteiger partial charge is 0.212 e. The molecule has 2 aromatic rings. The highest BCUT2D eigenvalue weighted by molar-refractivity contribution is 9.08. The van der Waals surface area contributed by atoms with Gasteiger partial charge in [0.25, 0.3) is 0 Å². The fraction of sp³-hybridized carbons (Fsp3) is 0.364. The number of aromatic nitrogens is 4. The number of tetrazole rings is 1. The molecule has 0 unspecified atom stereocenters. The summed E-state index contributed by atoms with van der Waals surface area (Å²) in [6.07, 6.45) is 0. The molecule has 0 spiro atoms. The Morgan fingerprint density at radius 2 is 2.17 bits per heavy atom. The van der Waals surface area contributed by atoms with Gasteiger partial charge in [0.05, 0.1) is 14.2 Å². The molecule has 0 fully saturated rings. The quantitative estimate of drug-likeness (QED) is 0.786. The van der Waals surface area contributed by atoms with Gasteiger partial charge in [0, 0.05) is 5.33 Å². The summed E-state index contributed by atoms with van der Waals surface area (Å²) in [6, 6.07) is 5.76. The summed E-state index contributed by atoms with van der Waals surface area (Å²) in [5.74, 6) is 1.88. The summed E-state index contributed by atoms with van der Waals surface area (Å²) in [5.41, 5.74) is 1.12. The second-order valence-corrected chi connectivity index (χ2v) is 4.16.